The monoisotopic (exact) mass is 445 g/mol. The zero-order chi connectivity index (χ0) is 22.1. The molecule has 162 valence electrons. The van der Waals surface area contributed by atoms with Crippen LogP contribution in [0.5, 0.6) is 11.5 Å². The lowest BCUT2D eigenvalue weighted by molar-refractivity contribution is 0.0748. The molecule has 0 fully saturated rings. The number of fused-ring (bicyclic) bond motifs is 1. The number of aromatic amines is 1. The number of nitrogens with zero attached hydrogens (tertiary/aromatic N) is 2. The topological polar surface area (TPSA) is 67.5 Å². The van der Waals surface area contributed by atoms with Crippen molar-refractivity contribution in [3.8, 4) is 22.8 Å². The molecule has 1 amide bonds. The zero-order valence-corrected chi connectivity index (χ0v) is 18.7. The number of hydrogen-bond donors (Lipinski definition) is 1. The average Bonchev–Trinajstić information content (AvgIpc) is 3.57. The molecule has 1 aliphatic rings. The molecule has 2 aromatic heterocycles. The second-order valence-corrected chi connectivity index (χ2v) is 8.58. The molecule has 6 nitrogen and oxygen atoms in total. The summed E-state index contributed by atoms with van der Waals surface area (Å²) in [4.78, 5) is 16.5. The molecule has 1 aliphatic heterocycles. The second-order valence-electron chi connectivity index (χ2n) is 7.60. The van der Waals surface area contributed by atoms with E-state index in [4.69, 9.17) is 9.47 Å². The van der Waals surface area contributed by atoms with E-state index in [1.54, 1.807) is 25.6 Å². The highest BCUT2D eigenvalue weighted by atomic mass is 32.1. The fraction of sp³-hybridized carbons (Fsp3) is 0.200. The van der Waals surface area contributed by atoms with Crippen LogP contribution in [0, 0.1) is 0 Å². The predicted molar refractivity (Wildman–Crippen MR) is 124 cm³/mol. The summed E-state index contributed by atoms with van der Waals surface area (Å²) >= 11 is 1.66. The van der Waals surface area contributed by atoms with Crippen LogP contribution in [0.15, 0.2) is 66.0 Å². The van der Waals surface area contributed by atoms with Crippen LogP contribution in [0.25, 0.3) is 11.3 Å². The first kappa shape index (κ1) is 20.3. The molecule has 5 rings (SSSR count). The first-order valence-corrected chi connectivity index (χ1v) is 11.3. The van der Waals surface area contributed by atoms with Gasteiger partial charge in [0, 0.05) is 22.5 Å². The summed E-state index contributed by atoms with van der Waals surface area (Å²) in [6.45, 7) is 0.609. The van der Waals surface area contributed by atoms with Crippen molar-refractivity contribution >= 4 is 17.2 Å². The molecule has 0 saturated heterocycles. The zero-order valence-electron chi connectivity index (χ0n) is 17.9. The highest BCUT2D eigenvalue weighted by molar-refractivity contribution is 7.10. The van der Waals surface area contributed by atoms with E-state index in [0.29, 0.717) is 12.2 Å². The largest absolute Gasteiger partial charge is 0.497 e. The van der Waals surface area contributed by atoms with Crippen LogP contribution < -0.4 is 9.47 Å². The number of aromatic nitrogens is 2. The molecular weight excluding hydrogens is 422 g/mol. The average molecular weight is 446 g/mol. The van der Waals surface area contributed by atoms with Crippen molar-refractivity contribution in [1.82, 2.24) is 15.1 Å². The number of thiophene rings is 1. The smallest absolute Gasteiger partial charge is 0.273 e. The van der Waals surface area contributed by atoms with E-state index in [2.05, 4.69) is 16.3 Å². The molecule has 1 N–H and O–H groups in total. The third kappa shape index (κ3) is 3.54. The van der Waals surface area contributed by atoms with Gasteiger partial charge < -0.3 is 14.4 Å². The van der Waals surface area contributed by atoms with Gasteiger partial charge in [0.1, 0.15) is 17.2 Å². The van der Waals surface area contributed by atoms with Crippen molar-refractivity contribution in [3.05, 3.63) is 87.7 Å². The summed E-state index contributed by atoms with van der Waals surface area (Å²) in [5.74, 6) is 1.60. The van der Waals surface area contributed by atoms with Crippen LogP contribution in [0.1, 0.15) is 32.5 Å². The maximum Gasteiger partial charge on any atom is 0.273 e. The number of benzene rings is 2. The van der Waals surface area contributed by atoms with Gasteiger partial charge in [0.05, 0.1) is 26.0 Å². The number of hydrogen-bond acceptors (Lipinski definition) is 5. The first-order valence-electron chi connectivity index (χ1n) is 10.4. The minimum absolute atomic E-state index is 0.0147. The van der Waals surface area contributed by atoms with E-state index in [1.165, 1.54) is 0 Å². The number of amides is 1. The Morgan fingerprint density at radius 2 is 1.69 bits per heavy atom. The van der Waals surface area contributed by atoms with Gasteiger partial charge in [-0.2, -0.15) is 5.10 Å². The van der Waals surface area contributed by atoms with E-state index in [1.807, 2.05) is 64.9 Å². The quantitative estimate of drug-likeness (QED) is 0.437. The lowest BCUT2D eigenvalue weighted by Crippen LogP contribution is -2.31. The number of ether oxygens (including phenoxy) is 2. The fourth-order valence-electron chi connectivity index (χ4n) is 4.18. The maximum absolute atomic E-state index is 13.4. The van der Waals surface area contributed by atoms with E-state index >= 15 is 0 Å². The lowest BCUT2D eigenvalue weighted by atomic mass is 10.0. The molecule has 1 atom stereocenters. The highest BCUT2D eigenvalue weighted by Gasteiger charge is 2.42. The standard InChI is InChI=1S/C25H23N3O3S/c1-30-18-9-5-16(6-10-18)13-14-28-24(20-4-3-15-32-20)21-22(26-27-23(21)25(28)29)17-7-11-19(31-2)12-8-17/h3-12,15,24H,13-14H2,1-2H3,(H,26,27). The Morgan fingerprint density at radius 1 is 1.00 bits per heavy atom. The molecule has 0 aliphatic carbocycles. The Bertz CT molecular complexity index is 1210. The van der Waals surface area contributed by atoms with Crippen molar-refractivity contribution in [2.45, 2.75) is 12.5 Å². The molecular formula is C25H23N3O3S. The van der Waals surface area contributed by atoms with Gasteiger partial charge in [-0.1, -0.05) is 18.2 Å². The summed E-state index contributed by atoms with van der Waals surface area (Å²) in [5, 5.41) is 9.59. The molecule has 7 heteroatoms. The van der Waals surface area contributed by atoms with Gasteiger partial charge in [-0.15, -0.1) is 11.3 Å². The van der Waals surface area contributed by atoms with E-state index in [9.17, 15) is 4.79 Å². The summed E-state index contributed by atoms with van der Waals surface area (Å²) < 4.78 is 10.5. The van der Waals surface area contributed by atoms with Crippen molar-refractivity contribution in [2.24, 2.45) is 0 Å². The van der Waals surface area contributed by atoms with E-state index < -0.39 is 0 Å². The van der Waals surface area contributed by atoms with Gasteiger partial charge in [0.2, 0.25) is 0 Å². The molecule has 4 aromatic rings. The van der Waals surface area contributed by atoms with Gasteiger partial charge >= 0.3 is 0 Å². The van der Waals surface area contributed by atoms with Crippen molar-refractivity contribution in [2.75, 3.05) is 20.8 Å². The number of H-pyrrole nitrogens is 1. The minimum atomic E-state index is -0.161. The molecule has 0 spiro atoms. The van der Waals surface area contributed by atoms with Crippen LogP contribution in [-0.4, -0.2) is 41.8 Å². The Balaban J connectivity index is 1.49. The Labute approximate surface area is 190 Å². The molecule has 0 radical (unpaired) electrons. The summed E-state index contributed by atoms with van der Waals surface area (Å²) in [7, 11) is 3.30. The maximum atomic E-state index is 13.4. The summed E-state index contributed by atoms with van der Waals surface area (Å²) in [6, 6.07) is 19.7. The van der Waals surface area contributed by atoms with Gasteiger partial charge in [0.25, 0.3) is 5.91 Å². The number of carbonyl (C=O) groups excluding carboxylic acids is 1. The predicted octanol–water partition coefficient (Wildman–Crippen LogP) is 4.94. The second kappa shape index (κ2) is 8.51. The van der Waals surface area contributed by atoms with Crippen LogP contribution in [0.3, 0.4) is 0 Å². The fourth-order valence-corrected chi connectivity index (χ4v) is 5.03. The Hall–Kier alpha value is -3.58. The van der Waals surface area contributed by atoms with Gasteiger partial charge in [0.15, 0.2) is 0 Å². The Kier molecular flexibility index (Phi) is 5.41. The summed E-state index contributed by atoms with van der Waals surface area (Å²) in [6.07, 6.45) is 0.757. The number of rotatable bonds is 7. The van der Waals surface area contributed by atoms with E-state index in [0.717, 1.165) is 45.2 Å². The SMILES string of the molecule is COc1ccc(CCN2C(=O)c3[nH]nc(-c4ccc(OC)cc4)c3C2c2cccs2)cc1. The third-order valence-electron chi connectivity index (χ3n) is 5.84. The first-order chi connectivity index (χ1) is 15.7. The van der Waals surface area contributed by atoms with Crippen LogP contribution in [0.2, 0.25) is 0 Å². The number of methoxy groups -OCH3 is 2. The van der Waals surface area contributed by atoms with Crippen molar-refractivity contribution < 1.29 is 14.3 Å². The highest BCUT2D eigenvalue weighted by Crippen LogP contribution is 2.44. The van der Waals surface area contributed by atoms with Crippen molar-refractivity contribution in [3.63, 3.8) is 0 Å². The van der Waals surface area contributed by atoms with Crippen LogP contribution in [0.4, 0.5) is 0 Å². The van der Waals surface area contributed by atoms with Gasteiger partial charge in [-0.25, -0.2) is 0 Å². The molecule has 2 aromatic carbocycles. The van der Waals surface area contributed by atoms with E-state index in [-0.39, 0.29) is 11.9 Å². The summed E-state index contributed by atoms with van der Waals surface area (Å²) in [5.41, 5.74) is 4.44. The molecule has 0 bridgehead atoms. The van der Waals surface area contributed by atoms with Crippen LogP contribution >= 0.6 is 11.3 Å². The molecule has 0 saturated carbocycles. The van der Waals surface area contributed by atoms with Crippen LogP contribution in [-0.2, 0) is 6.42 Å². The number of nitrogens with one attached hydrogen (secondary N) is 1. The normalized spacial score (nSPS) is 15.1. The number of carbonyl (C=O) groups is 1. The Morgan fingerprint density at radius 3 is 2.31 bits per heavy atom. The van der Waals surface area contributed by atoms with Crippen molar-refractivity contribution in [1.29, 1.82) is 0 Å². The van der Waals surface area contributed by atoms with Gasteiger partial charge in [-0.05, 0) is 59.8 Å². The minimum Gasteiger partial charge on any atom is -0.497 e. The molecule has 3 heterocycles. The van der Waals surface area contributed by atoms with Gasteiger partial charge in [-0.3, -0.25) is 9.89 Å². The third-order valence-corrected chi connectivity index (χ3v) is 6.77. The lowest BCUT2D eigenvalue weighted by Gasteiger charge is -2.25. The molecule has 1 unspecified atom stereocenters. The molecule has 32 heavy (non-hydrogen) atoms.